The molecule has 5 nitrogen and oxygen atoms in total. The number of nitrogens with one attached hydrogen (secondary N) is 1. The summed E-state index contributed by atoms with van der Waals surface area (Å²) in [4.78, 5) is 12.4. The van der Waals surface area contributed by atoms with Crippen LogP contribution in [0.15, 0.2) is 0 Å². The van der Waals surface area contributed by atoms with Crippen LogP contribution in [0.3, 0.4) is 0 Å². The van der Waals surface area contributed by atoms with Crippen molar-refractivity contribution in [3.05, 3.63) is 0 Å². The van der Waals surface area contributed by atoms with Gasteiger partial charge in [0.2, 0.25) is 5.91 Å². The van der Waals surface area contributed by atoms with Crippen LogP contribution in [0.1, 0.15) is 32.6 Å². The molecule has 1 amide bonds. The first-order valence-corrected chi connectivity index (χ1v) is 6.83. The molecule has 0 aromatic carbocycles. The standard InChI is InChI=1S/C13H24N2O3/c1-13(8-18-7-11(13)14)12(17)15-10-5-3-2-4-9(10)6-16/h9-11,16H,2-8,14H2,1H3,(H,15,17). The third kappa shape index (κ3) is 2.53. The van der Waals surface area contributed by atoms with Gasteiger partial charge in [-0.3, -0.25) is 4.79 Å². The largest absolute Gasteiger partial charge is 0.396 e. The van der Waals surface area contributed by atoms with E-state index >= 15 is 0 Å². The Morgan fingerprint density at radius 3 is 2.83 bits per heavy atom. The molecule has 2 aliphatic rings. The van der Waals surface area contributed by atoms with E-state index < -0.39 is 5.41 Å². The van der Waals surface area contributed by atoms with Crippen LogP contribution in [0.25, 0.3) is 0 Å². The van der Waals surface area contributed by atoms with E-state index in [9.17, 15) is 9.90 Å². The molecule has 1 aliphatic heterocycles. The first-order chi connectivity index (χ1) is 8.58. The Labute approximate surface area is 108 Å². The van der Waals surface area contributed by atoms with Crippen LogP contribution in [-0.2, 0) is 9.53 Å². The number of rotatable bonds is 3. The summed E-state index contributed by atoms with van der Waals surface area (Å²) in [6.07, 6.45) is 4.18. The lowest BCUT2D eigenvalue weighted by Gasteiger charge is -2.34. The summed E-state index contributed by atoms with van der Waals surface area (Å²) in [6.45, 7) is 2.83. The molecule has 0 bridgehead atoms. The number of hydrogen-bond acceptors (Lipinski definition) is 4. The Hall–Kier alpha value is -0.650. The van der Waals surface area contributed by atoms with Crippen molar-refractivity contribution >= 4 is 5.91 Å². The van der Waals surface area contributed by atoms with E-state index in [0.717, 1.165) is 25.7 Å². The maximum Gasteiger partial charge on any atom is 0.230 e. The molecular formula is C13H24N2O3. The lowest BCUT2D eigenvalue weighted by atomic mass is 9.81. The molecule has 2 rings (SSSR count). The van der Waals surface area contributed by atoms with Gasteiger partial charge in [-0.15, -0.1) is 0 Å². The molecule has 1 saturated carbocycles. The molecule has 4 atom stereocenters. The highest BCUT2D eigenvalue weighted by molar-refractivity contribution is 5.83. The predicted octanol–water partition coefficient (Wildman–Crippen LogP) is 0.0175. The molecule has 0 aromatic heterocycles. The molecule has 0 spiro atoms. The van der Waals surface area contributed by atoms with Gasteiger partial charge in [-0.1, -0.05) is 12.8 Å². The van der Waals surface area contributed by atoms with Gasteiger partial charge in [-0.05, 0) is 19.8 Å². The van der Waals surface area contributed by atoms with Gasteiger partial charge in [-0.2, -0.15) is 0 Å². The number of aliphatic hydroxyl groups excluding tert-OH is 1. The number of hydrogen-bond donors (Lipinski definition) is 3. The molecular weight excluding hydrogens is 232 g/mol. The smallest absolute Gasteiger partial charge is 0.230 e. The number of aliphatic hydroxyl groups is 1. The Morgan fingerprint density at radius 1 is 1.50 bits per heavy atom. The summed E-state index contributed by atoms with van der Waals surface area (Å²) in [5, 5.41) is 12.4. The van der Waals surface area contributed by atoms with Crippen molar-refractivity contribution in [1.82, 2.24) is 5.32 Å². The van der Waals surface area contributed by atoms with Crippen LogP contribution in [0.4, 0.5) is 0 Å². The first-order valence-electron chi connectivity index (χ1n) is 6.83. The third-order valence-electron chi connectivity index (χ3n) is 4.50. The maximum absolute atomic E-state index is 12.4. The van der Waals surface area contributed by atoms with Crippen LogP contribution < -0.4 is 11.1 Å². The molecule has 1 aliphatic carbocycles. The highest BCUT2D eigenvalue weighted by Gasteiger charge is 2.45. The monoisotopic (exact) mass is 256 g/mol. The van der Waals surface area contributed by atoms with Crippen LogP contribution in [0.2, 0.25) is 0 Å². The van der Waals surface area contributed by atoms with Crippen LogP contribution >= 0.6 is 0 Å². The molecule has 104 valence electrons. The number of amides is 1. The van der Waals surface area contributed by atoms with Gasteiger partial charge in [0.25, 0.3) is 0 Å². The van der Waals surface area contributed by atoms with E-state index in [1.807, 2.05) is 6.92 Å². The van der Waals surface area contributed by atoms with Crippen molar-refractivity contribution in [2.45, 2.75) is 44.7 Å². The molecule has 18 heavy (non-hydrogen) atoms. The second kappa shape index (κ2) is 5.55. The van der Waals surface area contributed by atoms with E-state index in [1.54, 1.807) is 0 Å². The summed E-state index contributed by atoms with van der Waals surface area (Å²) in [6, 6.07) is -0.158. The lowest BCUT2D eigenvalue weighted by Crippen LogP contribution is -2.54. The fraction of sp³-hybridized carbons (Fsp3) is 0.923. The summed E-state index contributed by atoms with van der Waals surface area (Å²) >= 11 is 0. The van der Waals surface area contributed by atoms with Crippen LogP contribution in [0.5, 0.6) is 0 Å². The van der Waals surface area contributed by atoms with E-state index in [1.165, 1.54) is 0 Å². The topological polar surface area (TPSA) is 84.6 Å². The average molecular weight is 256 g/mol. The zero-order chi connectivity index (χ0) is 13.2. The molecule has 4 unspecified atom stereocenters. The highest BCUT2D eigenvalue weighted by Crippen LogP contribution is 2.29. The van der Waals surface area contributed by atoms with Crippen molar-refractivity contribution in [2.75, 3.05) is 19.8 Å². The SMILES string of the molecule is CC1(C(=O)NC2CCCCC2CO)COCC1N. The van der Waals surface area contributed by atoms with Gasteiger partial charge in [0.1, 0.15) is 0 Å². The van der Waals surface area contributed by atoms with Crippen molar-refractivity contribution in [1.29, 1.82) is 0 Å². The zero-order valence-electron chi connectivity index (χ0n) is 11.0. The number of ether oxygens (including phenoxy) is 1. The number of carbonyl (C=O) groups excluding carboxylic acids is 1. The van der Waals surface area contributed by atoms with Gasteiger partial charge >= 0.3 is 0 Å². The molecule has 1 saturated heterocycles. The Bertz CT molecular complexity index is 311. The van der Waals surface area contributed by atoms with Gasteiger partial charge in [-0.25, -0.2) is 0 Å². The van der Waals surface area contributed by atoms with Gasteiger partial charge in [0.05, 0.1) is 18.6 Å². The second-order valence-electron chi connectivity index (χ2n) is 5.85. The van der Waals surface area contributed by atoms with E-state index in [0.29, 0.717) is 13.2 Å². The number of carbonyl (C=O) groups is 1. The van der Waals surface area contributed by atoms with Crippen molar-refractivity contribution < 1.29 is 14.6 Å². The minimum Gasteiger partial charge on any atom is -0.396 e. The van der Waals surface area contributed by atoms with Crippen molar-refractivity contribution in [2.24, 2.45) is 17.1 Å². The maximum atomic E-state index is 12.4. The van der Waals surface area contributed by atoms with Gasteiger partial charge < -0.3 is 20.9 Å². The molecule has 4 N–H and O–H groups in total. The minimum atomic E-state index is -0.628. The predicted molar refractivity (Wildman–Crippen MR) is 67.9 cm³/mol. The fourth-order valence-corrected chi connectivity index (χ4v) is 2.87. The van der Waals surface area contributed by atoms with Crippen molar-refractivity contribution in [3.63, 3.8) is 0 Å². The molecule has 0 aromatic rings. The van der Waals surface area contributed by atoms with E-state index in [2.05, 4.69) is 5.32 Å². The summed E-state index contributed by atoms with van der Waals surface area (Å²) in [5.41, 5.74) is 5.32. The molecule has 2 fully saturated rings. The highest BCUT2D eigenvalue weighted by atomic mass is 16.5. The zero-order valence-corrected chi connectivity index (χ0v) is 11.0. The molecule has 0 radical (unpaired) electrons. The quantitative estimate of drug-likeness (QED) is 0.664. The van der Waals surface area contributed by atoms with Crippen LogP contribution in [0, 0.1) is 11.3 Å². The van der Waals surface area contributed by atoms with Crippen LogP contribution in [-0.4, -0.2) is 42.9 Å². The third-order valence-corrected chi connectivity index (χ3v) is 4.50. The number of nitrogens with two attached hydrogens (primary N) is 1. The molecule has 5 heteroatoms. The first kappa shape index (κ1) is 13.8. The molecule has 1 heterocycles. The normalized spacial score (nSPS) is 40.7. The average Bonchev–Trinajstić information content (AvgIpc) is 2.71. The van der Waals surface area contributed by atoms with E-state index in [4.69, 9.17) is 10.5 Å². The summed E-state index contributed by atoms with van der Waals surface area (Å²) in [5.74, 6) is 0.155. The summed E-state index contributed by atoms with van der Waals surface area (Å²) < 4.78 is 5.30. The lowest BCUT2D eigenvalue weighted by molar-refractivity contribution is -0.132. The Balaban J connectivity index is 1.97. The van der Waals surface area contributed by atoms with Gasteiger partial charge in [0.15, 0.2) is 0 Å². The second-order valence-corrected chi connectivity index (χ2v) is 5.85. The van der Waals surface area contributed by atoms with Gasteiger partial charge in [0, 0.05) is 24.6 Å². The fourth-order valence-electron chi connectivity index (χ4n) is 2.87. The summed E-state index contributed by atoms with van der Waals surface area (Å²) in [7, 11) is 0. The van der Waals surface area contributed by atoms with E-state index in [-0.39, 0.29) is 30.5 Å². The minimum absolute atomic E-state index is 0.0298. The van der Waals surface area contributed by atoms with Crippen molar-refractivity contribution in [3.8, 4) is 0 Å². The Kier molecular flexibility index (Phi) is 4.25. The Morgan fingerprint density at radius 2 is 2.22 bits per heavy atom.